The lowest BCUT2D eigenvalue weighted by atomic mass is 10.1. The number of nitrogens with one attached hydrogen (secondary N) is 3. The smallest absolute Gasteiger partial charge is 0.251 e. The fourth-order valence-corrected chi connectivity index (χ4v) is 2.84. The second-order valence-corrected chi connectivity index (χ2v) is 6.95. The Balaban J connectivity index is 1.52. The molecule has 6 nitrogen and oxygen atoms in total. The summed E-state index contributed by atoms with van der Waals surface area (Å²) in [6, 6.07) is 12.5. The van der Waals surface area contributed by atoms with E-state index in [1.807, 2.05) is 19.9 Å². The molecule has 0 radical (unpaired) electrons. The molecule has 1 saturated carbocycles. The van der Waals surface area contributed by atoms with E-state index in [2.05, 4.69) is 16.0 Å². The van der Waals surface area contributed by atoms with Crippen LogP contribution in [-0.2, 0) is 9.59 Å². The van der Waals surface area contributed by atoms with Crippen molar-refractivity contribution in [2.75, 3.05) is 17.2 Å². The van der Waals surface area contributed by atoms with Gasteiger partial charge in [-0.05, 0) is 57.0 Å². The van der Waals surface area contributed by atoms with Gasteiger partial charge in [0.2, 0.25) is 11.8 Å². The summed E-state index contributed by atoms with van der Waals surface area (Å²) in [5, 5.41) is 8.19. The van der Waals surface area contributed by atoms with Crippen LogP contribution in [0.25, 0.3) is 0 Å². The van der Waals surface area contributed by atoms with Crippen LogP contribution in [0.15, 0.2) is 42.5 Å². The summed E-state index contributed by atoms with van der Waals surface area (Å²) in [7, 11) is 0. The number of anilines is 2. The molecule has 3 rings (SSSR count). The summed E-state index contributed by atoms with van der Waals surface area (Å²) in [5.74, 6) is -0.497. The van der Waals surface area contributed by atoms with E-state index < -0.39 is 0 Å². The Labute approximate surface area is 158 Å². The maximum Gasteiger partial charge on any atom is 0.251 e. The van der Waals surface area contributed by atoms with Crippen LogP contribution < -0.4 is 16.0 Å². The molecule has 0 spiro atoms. The van der Waals surface area contributed by atoms with Gasteiger partial charge in [0.25, 0.3) is 5.91 Å². The summed E-state index contributed by atoms with van der Waals surface area (Å²) in [6.45, 7) is 3.71. The topological polar surface area (TPSA) is 87.3 Å². The molecule has 1 fully saturated rings. The van der Waals surface area contributed by atoms with Crippen molar-refractivity contribution >= 4 is 29.1 Å². The standard InChI is InChI=1S/C21H23N3O3/c1-13-8-14(2)10-16(9-13)20(26)22-12-19(25)23-17-4-3-5-18(11-17)24-21(27)15-6-7-15/h3-5,8-11,15H,6-7,12H2,1-2H3,(H,22,26)(H,23,25)(H,24,27). The van der Waals surface area contributed by atoms with Gasteiger partial charge in [-0.25, -0.2) is 0 Å². The fourth-order valence-electron chi connectivity index (χ4n) is 2.84. The molecule has 0 bridgehead atoms. The molecule has 27 heavy (non-hydrogen) atoms. The van der Waals surface area contributed by atoms with Gasteiger partial charge in [0.15, 0.2) is 0 Å². The van der Waals surface area contributed by atoms with E-state index >= 15 is 0 Å². The second-order valence-electron chi connectivity index (χ2n) is 6.95. The number of hydrogen-bond acceptors (Lipinski definition) is 3. The quantitative estimate of drug-likeness (QED) is 0.735. The fraction of sp³-hybridized carbons (Fsp3) is 0.286. The van der Waals surface area contributed by atoms with Crippen molar-refractivity contribution in [3.8, 4) is 0 Å². The van der Waals surface area contributed by atoms with E-state index in [4.69, 9.17) is 0 Å². The van der Waals surface area contributed by atoms with Crippen molar-refractivity contribution in [1.29, 1.82) is 0 Å². The van der Waals surface area contributed by atoms with Crippen molar-refractivity contribution in [2.24, 2.45) is 5.92 Å². The van der Waals surface area contributed by atoms with Crippen LogP contribution in [0, 0.1) is 19.8 Å². The minimum Gasteiger partial charge on any atom is -0.343 e. The summed E-state index contributed by atoms with van der Waals surface area (Å²) in [5.41, 5.74) is 3.73. The number of carbonyl (C=O) groups is 3. The Bertz CT molecular complexity index is 868. The van der Waals surface area contributed by atoms with Crippen LogP contribution >= 0.6 is 0 Å². The van der Waals surface area contributed by atoms with Crippen molar-refractivity contribution < 1.29 is 14.4 Å². The zero-order chi connectivity index (χ0) is 19.4. The SMILES string of the molecule is Cc1cc(C)cc(C(=O)NCC(=O)Nc2cccc(NC(=O)C3CC3)c2)c1. The van der Waals surface area contributed by atoms with E-state index in [0.29, 0.717) is 16.9 Å². The first-order valence-corrected chi connectivity index (χ1v) is 8.98. The zero-order valence-corrected chi connectivity index (χ0v) is 15.5. The Morgan fingerprint density at radius 2 is 1.56 bits per heavy atom. The van der Waals surface area contributed by atoms with Crippen molar-refractivity contribution in [1.82, 2.24) is 5.32 Å². The Morgan fingerprint density at radius 3 is 2.19 bits per heavy atom. The van der Waals surface area contributed by atoms with Crippen molar-refractivity contribution in [2.45, 2.75) is 26.7 Å². The summed E-state index contributed by atoms with van der Waals surface area (Å²) in [6.07, 6.45) is 1.87. The third-order valence-electron chi connectivity index (χ3n) is 4.26. The third-order valence-corrected chi connectivity index (χ3v) is 4.26. The highest BCUT2D eigenvalue weighted by atomic mass is 16.2. The van der Waals surface area contributed by atoms with E-state index in [9.17, 15) is 14.4 Å². The number of rotatable bonds is 6. The van der Waals surface area contributed by atoms with Gasteiger partial charge in [0, 0.05) is 22.9 Å². The molecule has 0 aliphatic heterocycles. The third kappa shape index (κ3) is 5.41. The first kappa shape index (κ1) is 18.6. The lowest BCUT2D eigenvalue weighted by Gasteiger charge is -2.10. The molecular weight excluding hydrogens is 342 g/mol. The van der Waals surface area contributed by atoms with E-state index in [1.165, 1.54) is 0 Å². The summed E-state index contributed by atoms with van der Waals surface area (Å²) >= 11 is 0. The minimum atomic E-state index is -0.335. The molecule has 0 unspecified atom stereocenters. The molecular formula is C21H23N3O3. The van der Waals surface area contributed by atoms with Gasteiger partial charge in [-0.1, -0.05) is 23.3 Å². The monoisotopic (exact) mass is 365 g/mol. The lowest BCUT2D eigenvalue weighted by molar-refractivity contribution is -0.117. The summed E-state index contributed by atoms with van der Waals surface area (Å²) in [4.78, 5) is 36.2. The van der Waals surface area contributed by atoms with Crippen LogP contribution in [-0.4, -0.2) is 24.3 Å². The van der Waals surface area contributed by atoms with Gasteiger partial charge in [0.1, 0.15) is 0 Å². The molecule has 2 aromatic carbocycles. The highest BCUT2D eigenvalue weighted by molar-refractivity contribution is 6.00. The van der Waals surface area contributed by atoms with E-state index in [0.717, 1.165) is 24.0 Å². The molecule has 2 aromatic rings. The average molecular weight is 365 g/mol. The molecule has 0 heterocycles. The molecule has 0 aromatic heterocycles. The first-order chi connectivity index (χ1) is 12.9. The van der Waals surface area contributed by atoms with Gasteiger partial charge >= 0.3 is 0 Å². The normalized spacial score (nSPS) is 13.0. The van der Waals surface area contributed by atoms with Crippen LogP contribution in [0.2, 0.25) is 0 Å². The van der Waals surface area contributed by atoms with E-state index in [-0.39, 0.29) is 30.2 Å². The molecule has 1 aliphatic carbocycles. The molecule has 140 valence electrons. The highest BCUT2D eigenvalue weighted by Gasteiger charge is 2.29. The molecule has 0 atom stereocenters. The predicted molar refractivity (Wildman–Crippen MR) is 105 cm³/mol. The predicted octanol–water partition coefficient (Wildman–Crippen LogP) is 3.02. The highest BCUT2D eigenvalue weighted by Crippen LogP contribution is 2.30. The molecule has 1 aliphatic rings. The second kappa shape index (κ2) is 8.03. The first-order valence-electron chi connectivity index (χ1n) is 8.98. The van der Waals surface area contributed by atoms with Gasteiger partial charge < -0.3 is 16.0 Å². The Hall–Kier alpha value is -3.15. The zero-order valence-electron chi connectivity index (χ0n) is 15.5. The van der Waals surface area contributed by atoms with Crippen LogP contribution in [0.1, 0.15) is 34.3 Å². The number of benzene rings is 2. The van der Waals surface area contributed by atoms with Crippen LogP contribution in [0.3, 0.4) is 0 Å². The molecule has 0 saturated heterocycles. The van der Waals surface area contributed by atoms with Crippen LogP contribution in [0.5, 0.6) is 0 Å². The van der Waals surface area contributed by atoms with Gasteiger partial charge in [0.05, 0.1) is 6.54 Å². The van der Waals surface area contributed by atoms with Crippen LogP contribution in [0.4, 0.5) is 11.4 Å². The molecule has 3 amide bonds. The largest absolute Gasteiger partial charge is 0.343 e. The van der Waals surface area contributed by atoms with Gasteiger partial charge in [-0.15, -0.1) is 0 Å². The van der Waals surface area contributed by atoms with E-state index in [1.54, 1.807) is 36.4 Å². The molecule has 6 heteroatoms. The van der Waals surface area contributed by atoms with Crippen molar-refractivity contribution in [3.63, 3.8) is 0 Å². The minimum absolute atomic E-state index is 0.0131. The Kier molecular flexibility index (Phi) is 5.54. The number of amides is 3. The average Bonchev–Trinajstić information content (AvgIpc) is 3.44. The lowest BCUT2D eigenvalue weighted by Crippen LogP contribution is -2.32. The maximum atomic E-state index is 12.2. The maximum absolute atomic E-state index is 12.2. The summed E-state index contributed by atoms with van der Waals surface area (Å²) < 4.78 is 0. The number of hydrogen-bond donors (Lipinski definition) is 3. The molecule has 3 N–H and O–H groups in total. The van der Waals surface area contributed by atoms with Gasteiger partial charge in [-0.3, -0.25) is 14.4 Å². The van der Waals surface area contributed by atoms with Crippen molar-refractivity contribution in [3.05, 3.63) is 59.2 Å². The van der Waals surface area contributed by atoms with Gasteiger partial charge in [-0.2, -0.15) is 0 Å². The Morgan fingerprint density at radius 1 is 0.926 bits per heavy atom. The number of aryl methyl sites for hydroxylation is 2. The number of carbonyl (C=O) groups excluding carboxylic acids is 3.